The Balaban J connectivity index is 2.09. The molecular weight excluding hydrogens is 244 g/mol. The number of aromatic nitrogens is 1. The molecule has 0 saturated carbocycles. The van der Waals surface area contributed by atoms with Crippen molar-refractivity contribution >= 4 is 21.4 Å². The molecule has 0 unspecified atom stereocenters. The van der Waals surface area contributed by atoms with Crippen LogP contribution in [0.2, 0.25) is 0 Å². The summed E-state index contributed by atoms with van der Waals surface area (Å²) in [5.41, 5.74) is 1.10. The second-order valence-corrected chi connectivity index (χ2v) is 5.32. The van der Waals surface area contributed by atoms with Crippen molar-refractivity contribution in [1.29, 1.82) is 0 Å². The molecule has 3 nitrogen and oxygen atoms in total. The number of nitrogens with one attached hydrogen (secondary N) is 1. The zero-order valence-corrected chi connectivity index (χ0v) is 11.4. The highest BCUT2D eigenvalue weighted by Gasteiger charge is 2.04. The molecule has 2 aromatic rings. The summed E-state index contributed by atoms with van der Waals surface area (Å²) >= 11 is 1.60. The maximum atomic E-state index is 12.2. The number of hydrogen-bond acceptors (Lipinski definition) is 3. The number of thiophene rings is 1. The quantitative estimate of drug-likeness (QED) is 0.641. The summed E-state index contributed by atoms with van der Waals surface area (Å²) in [6.45, 7) is 8.47. The van der Waals surface area contributed by atoms with E-state index in [1.54, 1.807) is 15.9 Å². The maximum Gasteiger partial charge on any atom is 0.259 e. The first-order valence-corrected chi connectivity index (χ1v) is 7.04. The molecule has 0 aliphatic rings. The second-order valence-electron chi connectivity index (χ2n) is 4.37. The van der Waals surface area contributed by atoms with Gasteiger partial charge in [-0.25, -0.2) is 0 Å². The molecule has 0 bridgehead atoms. The summed E-state index contributed by atoms with van der Waals surface area (Å²) in [6.07, 6.45) is 2.96. The number of fused-ring (bicyclic) bond motifs is 1. The molecule has 2 aromatic heterocycles. The third kappa shape index (κ3) is 2.89. The first kappa shape index (κ1) is 13.1. The highest BCUT2D eigenvalue weighted by molar-refractivity contribution is 7.17. The third-order valence-corrected chi connectivity index (χ3v) is 3.67. The number of rotatable bonds is 6. The van der Waals surface area contributed by atoms with Gasteiger partial charge in [0.1, 0.15) is 0 Å². The van der Waals surface area contributed by atoms with Crippen LogP contribution in [-0.4, -0.2) is 17.7 Å². The van der Waals surface area contributed by atoms with E-state index in [-0.39, 0.29) is 5.56 Å². The van der Waals surface area contributed by atoms with E-state index in [0.29, 0.717) is 6.54 Å². The molecule has 2 rings (SSSR count). The van der Waals surface area contributed by atoms with Crippen LogP contribution in [0.1, 0.15) is 13.3 Å². The van der Waals surface area contributed by atoms with Crippen LogP contribution >= 0.6 is 11.3 Å². The van der Waals surface area contributed by atoms with Crippen molar-refractivity contribution in [1.82, 2.24) is 9.88 Å². The Bertz CT molecular complexity index is 597. The monoisotopic (exact) mass is 262 g/mol. The zero-order valence-electron chi connectivity index (χ0n) is 10.6. The maximum absolute atomic E-state index is 12.2. The van der Waals surface area contributed by atoms with Gasteiger partial charge < -0.3 is 9.88 Å². The van der Waals surface area contributed by atoms with E-state index in [4.69, 9.17) is 0 Å². The molecule has 18 heavy (non-hydrogen) atoms. The fourth-order valence-electron chi connectivity index (χ4n) is 1.87. The van der Waals surface area contributed by atoms with E-state index in [0.717, 1.165) is 35.2 Å². The van der Waals surface area contributed by atoms with Crippen molar-refractivity contribution < 1.29 is 0 Å². The molecular formula is C14H18N2OS. The third-order valence-electron chi connectivity index (χ3n) is 2.79. The molecule has 0 spiro atoms. The minimum absolute atomic E-state index is 0.0744. The molecule has 2 heterocycles. The van der Waals surface area contributed by atoms with Crippen LogP contribution in [0.25, 0.3) is 10.1 Å². The molecule has 4 heteroatoms. The fraction of sp³-hybridized carbons (Fsp3) is 0.357. The Morgan fingerprint density at radius 2 is 2.33 bits per heavy atom. The Hall–Kier alpha value is -1.39. The van der Waals surface area contributed by atoms with Gasteiger partial charge in [-0.15, -0.1) is 11.3 Å². The largest absolute Gasteiger partial charge is 0.313 e. The van der Waals surface area contributed by atoms with Gasteiger partial charge in [-0.2, -0.15) is 0 Å². The Kier molecular flexibility index (Phi) is 4.33. The lowest BCUT2D eigenvalue weighted by molar-refractivity contribution is 0.667. The van der Waals surface area contributed by atoms with Crippen molar-refractivity contribution in [3.05, 3.63) is 46.2 Å². The molecule has 0 aliphatic heterocycles. The second kappa shape index (κ2) is 5.98. The smallest absolute Gasteiger partial charge is 0.259 e. The minimum Gasteiger partial charge on any atom is -0.313 e. The summed E-state index contributed by atoms with van der Waals surface area (Å²) in [4.78, 5) is 12.2. The van der Waals surface area contributed by atoms with Gasteiger partial charge >= 0.3 is 0 Å². The van der Waals surface area contributed by atoms with Crippen LogP contribution < -0.4 is 10.9 Å². The summed E-state index contributed by atoms with van der Waals surface area (Å²) < 4.78 is 2.77. The standard InChI is InChI=1S/C14H18N2OS/c1-3-6-15-9-11(2)10-16-7-4-13-12(14(16)17)5-8-18-13/h4-5,7-8,15H,2-3,6,9-10H2,1H3. The van der Waals surface area contributed by atoms with Crippen molar-refractivity contribution in [3.63, 3.8) is 0 Å². The highest BCUT2D eigenvalue weighted by atomic mass is 32.1. The molecule has 0 saturated heterocycles. The SMILES string of the molecule is C=C(CNCCC)Cn1ccc2sccc2c1=O. The predicted octanol–water partition coefficient (Wildman–Crippen LogP) is 2.62. The van der Waals surface area contributed by atoms with Gasteiger partial charge in [-0.05, 0) is 36.1 Å². The predicted molar refractivity (Wildman–Crippen MR) is 78.4 cm³/mol. The molecule has 0 aromatic carbocycles. The molecule has 0 aliphatic carbocycles. The lowest BCUT2D eigenvalue weighted by atomic mass is 10.2. The topological polar surface area (TPSA) is 34.0 Å². The van der Waals surface area contributed by atoms with Crippen LogP contribution in [-0.2, 0) is 6.54 Å². The van der Waals surface area contributed by atoms with Gasteiger partial charge in [0.05, 0.1) is 5.39 Å². The fourth-order valence-corrected chi connectivity index (χ4v) is 2.64. The van der Waals surface area contributed by atoms with Crippen molar-refractivity contribution in [3.8, 4) is 0 Å². The molecule has 0 radical (unpaired) electrons. The lowest BCUT2D eigenvalue weighted by Gasteiger charge is -2.09. The summed E-state index contributed by atoms with van der Waals surface area (Å²) in [6, 6.07) is 3.88. The van der Waals surface area contributed by atoms with Crippen molar-refractivity contribution in [2.45, 2.75) is 19.9 Å². The van der Waals surface area contributed by atoms with Crippen LogP contribution in [0.5, 0.6) is 0 Å². The van der Waals surface area contributed by atoms with E-state index >= 15 is 0 Å². The van der Waals surface area contributed by atoms with E-state index in [2.05, 4.69) is 18.8 Å². The van der Waals surface area contributed by atoms with Gasteiger partial charge in [0, 0.05) is 24.0 Å². The van der Waals surface area contributed by atoms with Crippen LogP contribution in [0.4, 0.5) is 0 Å². The number of pyridine rings is 1. The zero-order chi connectivity index (χ0) is 13.0. The molecule has 1 N–H and O–H groups in total. The average Bonchev–Trinajstić information content (AvgIpc) is 2.82. The first-order chi connectivity index (χ1) is 8.72. The van der Waals surface area contributed by atoms with Crippen LogP contribution in [0, 0.1) is 0 Å². The lowest BCUT2D eigenvalue weighted by Crippen LogP contribution is -2.24. The normalized spacial score (nSPS) is 10.9. The molecule has 0 fully saturated rings. The average molecular weight is 262 g/mol. The summed E-state index contributed by atoms with van der Waals surface area (Å²) in [5, 5.41) is 6.05. The van der Waals surface area contributed by atoms with Crippen molar-refractivity contribution in [2.75, 3.05) is 13.1 Å². The van der Waals surface area contributed by atoms with E-state index < -0.39 is 0 Å². The summed E-state index contributed by atoms with van der Waals surface area (Å²) in [5.74, 6) is 0. The van der Waals surface area contributed by atoms with Gasteiger partial charge in [0.2, 0.25) is 0 Å². The number of hydrogen-bond donors (Lipinski definition) is 1. The highest BCUT2D eigenvalue weighted by Crippen LogP contribution is 2.16. The first-order valence-electron chi connectivity index (χ1n) is 6.16. The van der Waals surface area contributed by atoms with E-state index in [1.807, 2.05) is 23.7 Å². The Morgan fingerprint density at radius 1 is 1.50 bits per heavy atom. The minimum atomic E-state index is 0.0744. The van der Waals surface area contributed by atoms with E-state index in [1.165, 1.54) is 0 Å². The van der Waals surface area contributed by atoms with Gasteiger partial charge in [0.25, 0.3) is 5.56 Å². The summed E-state index contributed by atoms with van der Waals surface area (Å²) in [7, 11) is 0. The molecule has 0 amide bonds. The van der Waals surface area contributed by atoms with Gasteiger partial charge in [-0.3, -0.25) is 4.79 Å². The Morgan fingerprint density at radius 3 is 3.11 bits per heavy atom. The van der Waals surface area contributed by atoms with Gasteiger partial charge in [0.15, 0.2) is 0 Å². The number of nitrogens with zero attached hydrogens (tertiary/aromatic N) is 1. The van der Waals surface area contributed by atoms with E-state index in [9.17, 15) is 4.79 Å². The Labute approximate surface area is 111 Å². The van der Waals surface area contributed by atoms with Crippen LogP contribution in [0.15, 0.2) is 40.7 Å². The molecule has 0 atom stereocenters. The molecule has 96 valence electrons. The van der Waals surface area contributed by atoms with Gasteiger partial charge in [-0.1, -0.05) is 13.5 Å². The van der Waals surface area contributed by atoms with Crippen LogP contribution in [0.3, 0.4) is 0 Å². The van der Waals surface area contributed by atoms with Crippen molar-refractivity contribution in [2.24, 2.45) is 0 Å².